The van der Waals surface area contributed by atoms with Crippen molar-refractivity contribution >= 4 is 17.7 Å². The Balaban J connectivity index is 1.91. The van der Waals surface area contributed by atoms with Gasteiger partial charge in [-0.15, -0.1) is 11.8 Å². The van der Waals surface area contributed by atoms with Gasteiger partial charge in [-0.3, -0.25) is 4.79 Å². The molecule has 0 aromatic heterocycles. The smallest absolute Gasteiger partial charge is 0.417 e. The van der Waals surface area contributed by atoms with Crippen molar-refractivity contribution in [2.75, 3.05) is 19.4 Å². The number of amides is 1. The normalized spacial score (nSPS) is 17.6. The van der Waals surface area contributed by atoms with Gasteiger partial charge in [-0.25, -0.2) is 0 Å². The van der Waals surface area contributed by atoms with Crippen LogP contribution in [-0.4, -0.2) is 30.2 Å². The Morgan fingerprint density at radius 3 is 2.48 bits per heavy atom. The summed E-state index contributed by atoms with van der Waals surface area (Å²) in [5, 5.41) is -0.306. The molecule has 1 saturated heterocycles. The number of carbonyl (C=O) groups is 1. The van der Waals surface area contributed by atoms with Gasteiger partial charge in [0, 0.05) is 12.3 Å². The van der Waals surface area contributed by atoms with Gasteiger partial charge in [0.1, 0.15) is 11.1 Å². The van der Waals surface area contributed by atoms with Gasteiger partial charge in [-0.1, -0.05) is 24.3 Å². The number of ether oxygens (including phenoxy) is 1. The van der Waals surface area contributed by atoms with Gasteiger partial charge in [0.05, 0.1) is 18.2 Å². The molecule has 1 fully saturated rings. The van der Waals surface area contributed by atoms with Gasteiger partial charge in [-0.05, 0) is 29.8 Å². The fourth-order valence-electron chi connectivity index (χ4n) is 2.79. The minimum Gasteiger partial charge on any atom is -0.497 e. The van der Waals surface area contributed by atoms with Crippen LogP contribution >= 0.6 is 11.8 Å². The number of nitrogens with zero attached hydrogens (tertiary/aromatic N) is 1. The fraction of sp³-hybridized carbons (Fsp3) is 0.278. The summed E-state index contributed by atoms with van der Waals surface area (Å²) in [5.74, 6) is 0.766. The molecule has 0 radical (unpaired) electrons. The Kier molecular flexibility index (Phi) is 4.94. The summed E-state index contributed by atoms with van der Waals surface area (Å²) in [6.07, 6.45) is -4.56. The fourth-order valence-corrected chi connectivity index (χ4v) is 4.05. The molecule has 1 aliphatic heterocycles. The number of halogens is 3. The molecule has 0 aliphatic carbocycles. The summed E-state index contributed by atoms with van der Waals surface area (Å²) in [6.45, 7) is 0.409. The lowest BCUT2D eigenvalue weighted by Crippen LogP contribution is -2.32. The molecule has 2 aromatic carbocycles. The Labute approximate surface area is 147 Å². The minimum atomic E-state index is -4.56. The second-order valence-corrected chi connectivity index (χ2v) is 6.73. The molecule has 0 N–H and O–H groups in total. The highest BCUT2D eigenvalue weighted by atomic mass is 32.2. The first-order chi connectivity index (χ1) is 11.9. The topological polar surface area (TPSA) is 29.5 Å². The number of thioether (sulfide) groups is 1. The SMILES string of the molecule is COc1ccc([C@@H]2SCCN2C(=O)c2ccccc2C(F)(F)F)cc1. The van der Waals surface area contributed by atoms with Crippen LogP contribution in [-0.2, 0) is 6.18 Å². The molecule has 0 spiro atoms. The number of rotatable bonds is 3. The van der Waals surface area contributed by atoms with Gasteiger partial charge in [0.15, 0.2) is 0 Å². The van der Waals surface area contributed by atoms with Gasteiger partial charge in [-0.2, -0.15) is 13.2 Å². The van der Waals surface area contributed by atoms with E-state index in [2.05, 4.69) is 0 Å². The van der Waals surface area contributed by atoms with Crippen molar-refractivity contribution in [1.82, 2.24) is 4.90 Å². The Morgan fingerprint density at radius 1 is 1.16 bits per heavy atom. The third-order valence-corrected chi connectivity index (χ3v) is 5.28. The predicted molar refractivity (Wildman–Crippen MR) is 90.7 cm³/mol. The van der Waals surface area contributed by atoms with Crippen molar-refractivity contribution in [3.05, 3.63) is 65.2 Å². The molecular weight excluding hydrogens is 351 g/mol. The van der Waals surface area contributed by atoms with Crippen molar-refractivity contribution in [2.24, 2.45) is 0 Å². The van der Waals surface area contributed by atoms with Crippen LogP contribution in [0.2, 0.25) is 0 Å². The Hall–Kier alpha value is -2.15. The molecule has 3 nitrogen and oxygen atoms in total. The first-order valence-corrected chi connectivity index (χ1v) is 8.69. The maximum Gasteiger partial charge on any atom is 0.417 e. The molecule has 1 atom stereocenters. The lowest BCUT2D eigenvalue weighted by molar-refractivity contribution is -0.138. The standard InChI is InChI=1S/C18H16F3NO2S/c1-24-13-8-6-12(7-9-13)17-22(10-11-25-17)16(23)14-4-2-3-5-15(14)18(19,20)21/h2-9,17H,10-11H2,1H3/t17-/m0/s1. The number of benzene rings is 2. The number of hydrogen-bond acceptors (Lipinski definition) is 3. The van der Waals surface area contributed by atoms with Crippen LogP contribution in [0.3, 0.4) is 0 Å². The van der Waals surface area contributed by atoms with E-state index in [1.807, 2.05) is 12.1 Å². The number of hydrogen-bond donors (Lipinski definition) is 0. The van der Waals surface area contributed by atoms with Gasteiger partial charge < -0.3 is 9.64 Å². The highest BCUT2D eigenvalue weighted by Gasteiger charge is 2.38. The van der Waals surface area contributed by atoms with Crippen molar-refractivity contribution < 1.29 is 22.7 Å². The molecule has 7 heteroatoms. The molecule has 0 saturated carbocycles. The van der Waals surface area contributed by atoms with E-state index in [0.29, 0.717) is 18.0 Å². The molecule has 0 unspecified atom stereocenters. The van der Waals surface area contributed by atoms with E-state index in [0.717, 1.165) is 11.6 Å². The van der Waals surface area contributed by atoms with Crippen LogP contribution in [0.1, 0.15) is 26.9 Å². The van der Waals surface area contributed by atoms with E-state index >= 15 is 0 Å². The maximum atomic E-state index is 13.2. The average Bonchev–Trinajstić information content (AvgIpc) is 3.10. The highest BCUT2D eigenvalue weighted by molar-refractivity contribution is 7.99. The zero-order valence-corrected chi connectivity index (χ0v) is 14.2. The summed E-state index contributed by atoms with van der Waals surface area (Å²) in [5.41, 5.74) is -0.345. The van der Waals surface area contributed by atoms with E-state index in [-0.39, 0.29) is 10.9 Å². The van der Waals surface area contributed by atoms with Gasteiger partial charge in [0.25, 0.3) is 5.91 Å². The summed E-state index contributed by atoms with van der Waals surface area (Å²) >= 11 is 1.54. The average molecular weight is 367 g/mol. The molecule has 1 aliphatic rings. The molecule has 0 bridgehead atoms. The van der Waals surface area contributed by atoms with Crippen LogP contribution in [0.4, 0.5) is 13.2 Å². The summed E-state index contributed by atoms with van der Waals surface area (Å²) < 4.78 is 44.7. The molecule has 1 amide bonds. The largest absolute Gasteiger partial charge is 0.497 e. The zero-order valence-electron chi connectivity index (χ0n) is 13.4. The lowest BCUT2D eigenvalue weighted by Gasteiger charge is -2.25. The second kappa shape index (κ2) is 7.00. The third-order valence-electron chi connectivity index (χ3n) is 4.02. The summed E-state index contributed by atoms with van der Waals surface area (Å²) in [6, 6.07) is 12.1. The summed E-state index contributed by atoms with van der Waals surface area (Å²) in [4.78, 5) is 14.3. The van der Waals surface area contributed by atoms with Crippen LogP contribution in [0.25, 0.3) is 0 Å². The number of methoxy groups -OCH3 is 1. The van der Waals surface area contributed by atoms with E-state index in [4.69, 9.17) is 4.74 Å². The monoisotopic (exact) mass is 367 g/mol. The Bertz CT molecular complexity index is 762. The molecule has 132 valence electrons. The van der Waals surface area contributed by atoms with Crippen LogP contribution in [0.5, 0.6) is 5.75 Å². The zero-order chi connectivity index (χ0) is 18.0. The number of carbonyl (C=O) groups excluding carboxylic acids is 1. The van der Waals surface area contributed by atoms with Crippen molar-refractivity contribution in [3.8, 4) is 5.75 Å². The van der Waals surface area contributed by atoms with Gasteiger partial charge in [0.2, 0.25) is 0 Å². The quantitative estimate of drug-likeness (QED) is 0.794. The van der Waals surface area contributed by atoms with Crippen molar-refractivity contribution in [2.45, 2.75) is 11.6 Å². The predicted octanol–water partition coefficient (Wildman–Crippen LogP) is 4.60. The lowest BCUT2D eigenvalue weighted by atomic mass is 10.1. The van der Waals surface area contributed by atoms with Gasteiger partial charge >= 0.3 is 6.18 Å². The first-order valence-electron chi connectivity index (χ1n) is 7.64. The van der Waals surface area contributed by atoms with E-state index in [9.17, 15) is 18.0 Å². The van der Waals surface area contributed by atoms with E-state index in [1.54, 1.807) is 19.2 Å². The molecular formula is C18H16F3NO2S. The molecule has 1 heterocycles. The van der Waals surface area contributed by atoms with Crippen LogP contribution in [0.15, 0.2) is 48.5 Å². The molecule has 2 aromatic rings. The molecule has 3 rings (SSSR count). The third kappa shape index (κ3) is 3.61. The Morgan fingerprint density at radius 2 is 1.84 bits per heavy atom. The minimum absolute atomic E-state index is 0.306. The van der Waals surface area contributed by atoms with E-state index in [1.165, 1.54) is 34.9 Å². The second-order valence-electron chi connectivity index (χ2n) is 5.54. The first kappa shape index (κ1) is 17.7. The van der Waals surface area contributed by atoms with Crippen LogP contribution in [0, 0.1) is 0 Å². The van der Waals surface area contributed by atoms with Crippen molar-refractivity contribution in [1.29, 1.82) is 0 Å². The maximum absolute atomic E-state index is 13.2. The summed E-state index contributed by atoms with van der Waals surface area (Å²) in [7, 11) is 1.56. The highest BCUT2D eigenvalue weighted by Crippen LogP contribution is 2.40. The van der Waals surface area contributed by atoms with Crippen molar-refractivity contribution in [3.63, 3.8) is 0 Å². The molecule has 25 heavy (non-hydrogen) atoms. The number of alkyl halides is 3. The van der Waals surface area contributed by atoms with E-state index < -0.39 is 17.6 Å². The van der Waals surface area contributed by atoms with Crippen LogP contribution < -0.4 is 4.74 Å².